The van der Waals surface area contributed by atoms with Gasteiger partial charge in [-0.2, -0.15) is 0 Å². The molecule has 0 radical (unpaired) electrons. The minimum Gasteiger partial charge on any atom is -0.357 e. The van der Waals surface area contributed by atoms with Crippen LogP contribution in [0.2, 0.25) is 0 Å². The number of aromatic amines is 1. The van der Waals surface area contributed by atoms with Crippen LogP contribution in [0, 0.1) is 11.8 Å². The fraction of sp³-hybridized carbons (Fsp3) is 0.464. The van der Waals surface area contributed by atoms with E-state index in [1.165, 1.54) is 39.7 Å². The zero-order chi connectivity index (χ0) is 22.8. The highest BCUT2D eigenvalue weighted by Crippen LogP contribution is 2.48. The molecule has 1 N–H and O–H groups in total. The maximum Gasteiger partial charge on any atom is 0.106 e. The van der Waals surface area contributed by atoms with Crippen molar-refractivity contribution >= 4 is 17.7 Å². The molecule has 0 saturated carbocycles. The summed E-state index contributed by atoms with van der Waals surface area (Å²) >= 11 is 0. The maximum atomic E-state index is 8.00. The first-order chi connectivity index (χ1) is 14.9. The number of nitrogens with one attached hydrogen (secondary N) is 1. The molecule has 3 nitrogen and oxygen atoms in total. The second-order valence-corrected chi connectivity index (χ2v) is 9.40. The van der Waals surface area contributed by atoms with Gasteiger partial charge in [0.25, 0.3) is 0 Å². The van der Waals surface area contributed by atoms with Crippen molar-refractivity contribution in [3.63, 3.8) is 0 Å². The number of hydrogen-bond acceptors (Lipinski definition) is 2. The zero-order valence-corrected chi connectivity index (χ0v) is 19.9. The van der Waals surface area contributed by atoms with Crippen LogP contribution in [0.3, 0.4) is 0 Å². The second kappa shape index (κ2) is 9.40. The van der Waals surface area contributed by atoms with Crippen LogP contribution in [0.15, 0.2) is 59.7 Å². The monoisotopic (exact) mass is 418 g/mol. The summed E-state index contributed by atoms with van der Waals surface area (Å²) in [5.41, 5.74) is 8.21. The quantitative estimate of drug-likeness (QED) is 0.440. The van der Waals surface area contributed by atoms with Crippen LogP contribution in [0.4, 0.5) is 0 Å². The summed E-state index contributed by atoms with van der Waals surface area (Å²) in [6.45, 7) is 21.5. The van der Waals surface area contributed by atoms with Crippen LogP contribution >= 0.6 is 0 Å². The van der Waals surface area contributed by atoms with Gasteiger partial charge in [0.2, 0.25) is 0 Å². The summed E-state index contributed by atoms with van der Waals surface area (Å²) in [6, 6.07) is 8.79. The highest BCUT2D eigenvalue weighted by Gasteiger charge is 2.44. The molecule has 166 valence electrons. The van der Waals surface area contributed by atoms with E-state index in [4.69, 9.17) is 4.79 Å². The van der Waals surface area contributed by atoms with E-state index in [-0.39, 0.29) is 5.41 Å². The number of allylic oxidation sites excluding steroid dienone is 3. The van der Waals surface area contributed by atoms with Crippen LogP contribution in [0.5, 0.6) is 0 Å². The normalized spacial score (nSPS) is 26.2. The highest BCUT2D eigenvalue weighted by molar-refractivity contribution is 5.85. The van der Waals surface area contributed by atoms with Crippen molar-refractivity contribution in [1.82, 2.24) is 9.88 Å². The largest absolute Gasteiger partial charge is 0.357 e. The van der Waals surface area contributed by atoms with E-state index < -0.39 is 0 Å². The molecule has 2 aliphatic rings. The molecule has 2 aliphatic heterocycles. The van der Waals surface area contributed by atoms with Gasteiger partial charge in [-0.15, -0.1) is 0 Å². The number of carbonyl (C=O) groups excluding carboxylic acids is 1. The highest BCUT2D eigenvalue weighted by atomic mass is 16.1. The van der Waals surface area contributed by atoms with E-state index in [1.807, 2.05) is 6.79 Å². The van der Waals surface area contributed by atoms with Crippen LogP contribution in [0.25, 0.3) is 10.9 Å². The fourth-order valence-electron chi connectivity index (χ4n) is 5.22. The summed E-state index contributed by atoms with van der Waals surface area (Å²) in [4.78, 5) is 14.5. The van der Waals surface area contributed by atoms with Gasteiger partial charge in [0.15, 0.2) is 0 Å². The summed E-state index contributed by atoms with van der Waals surface area (Å²) in [7, 11) is 0. The Balaban J connectivity index is 0.00000132. The molecule has 31 heavy (non-hydrogen) atoms. The van der Waals surface area contributed by atoms with Crippen molar-refractivity contribution in [1.29, 1.82) is 0 Å². The third kappa shape index (κ3) is 4.08. The van der Waals surface area contributed by atoms with Crippen LogP contribution < -0.4 is 0 Å². The first kappa shape index (κ1) is 23.3. The Bertz CT molecular complexity index is 1010. The van der Waals surface area contributed by atoms with Crippen molar-refractivity contribution < 1.29 is 4.79 Å². The molecule has 0 amide bonds. The molecule has 0 saturated heterocycles. The predicted octanol–water partition coefficient (Wildman–Crippen LogP) is 6.57. The number of aromatic nitrogens is 1. The topological polar surface area (TPSA) is 36.1 Å². The number of fused-ring (bicyclic) bond motifs is 5. The molecule has 4 rings (SSSR count). The number of benzene rings is 1. The third-order valence-electron chi connectivity index (χ3n) is 7.69. The Morgan fingerprint density at radius 3 is 2.68 bits per heavy atom. The number of nitrogens with zero attached hydrogens (tertiary/aromatic N) is 1. The van der Waals surface area contributed by atoms with Crippen molar-refractivity contribution in [2.45, 2.75) is 59.4 Å². The minimum absolute atomic E-state index is 0.126. The van der Waals surface area contributed by atoms with E-state index in [9.17, 15) is 0 Å². The van der Waals surface area contributed by atoms with E-state index in [1.54, 1.807) is 5.57 Å². The number of H-pyrrole nitrogens is 1. The Morgan fingerprint density at radius 1 is 1.29 bits per heavy atom. The fourth-order valence-corrected chi connectivity index (χ4v) is 5.22. The van der Waals surface area contributed by atoms with Crippen LogP contribution in [-0.4, -0.2) is 29.8 Å². The molecule has 3 heteroatoms. The first-order valence-corrected chi connectivity index (χ1v) is 11.6. The predicted molar refractivity (Wildman–Crippen MR) is 132 cm³/mol. The molecule has 0 fully saturated rings. The second-order valence-electron chi connectivity index (χ2n) is 9.40. The van der Waals surface area contributed by atoms with Gasteiger partial charge >= 0.3 is 0 Å². The molecule has 4 atom stereocenters. The van der Waals surface area contributed by atoms with Gasteiger partial charge in [0, 0.05) is 47.6 Å². The molecule has 1 aromatic heterocycles. The standard InChI is InChI=1S/C27H36N2.CH2O/c1-7-18(3)19(4)13-20(5)27(6)22-14-21(8-2)15-29(16-22)17-24-23-11-9-10-12-25(23)28-26(24)27;1-2/h9-14,18,22,28H,5,7-8,15-17H2,1-4,6H3;1H2/b19-13+;/t18?,22-,27+;/m1./s1. The van der Waals surface area contributed by atoms with Gasteiger partial charge in [-0.1, -0.05) is 68.8 Å². The third-order valence-corrected chi connectivity index (χ3v) is 7.69. The lowest BCUT2D eigenvalue weighted by molar-refractivity contribution is -0.0979. The van der Waals surface area contributed by atoms with Gasteiger partial charge in [0.1, 0.15) is 6.79 Å². The van der Waals surface area contributed by atoms with Gasteiger partial charge in [-0.05, 0) is 49.8 Å². The molecular formula is C28H38N2O. The van der Waals surface area contributed by atoms with E-state index in [0.717, 1.165) is 26.1 Å². The molecule has 2 bridgehead atoms. The van der Waals surface area contributed by atoms with Gasteiger partial charge in [-0.3, -0.25) is 4.90 Å². The number of para-hydroxylation sites is 1. The molecule has 3 heterocycles. The number of rotatable bonds is 5. The zero-order valence-electron chi connectivity index (χ0n) is 19.9. The van der Waals surface area contributed by atoms with Gasteiger partial charge < -0.3 is 9.78 Å². The molecule has 0 aliphatic carbocycles. The molecule has 2 aromatic rings. The lowest BCUT2D eigenvalue weighted by Gasteiger charge is -2.40. The van der Waals surface area contributed by atoms with Crippen LogP contribution in [0.1, 0.15) is 58.7 Å². The molecule has 0 spiro atoms. The van der Waals surface area contributed by atoms with Crippen molar-refractivity contribution in [3.8, 4) is 0 Å². The van der Waals surface area contributed by atoms with Crippen molar-refractivity contribution in [2.24, 2.45) is 11.8 Å². The smallest absolute Gasteiger partial charge is 0.106 e. The maximum absolute atomic E-state index is 8.00. The Morgan fingerprint density at radius 2 is 2.00 bits per heavy atom. The average Bonchev–Trinajstić information content (AvgIpc) is 3.14. The summed E-state index contributed by atoms with van der Waals surface area (Å²) in [5.74, 6) is 1.03. The number of hydrogen-bond donors (Lipinski definition) is 1. The lowest BCUT2D eigenvalue weighted by Crippen LogP contribution is -2.41. The lowest BCUT2D eigenvalue weighted by atomic mass is 9.67. The Labute approximate surface area is 187 Å². The van der Waals surface area contributed by atoms with Crippen LogP contribution in [-0.2, 0) is 16.8 Å². The average molecular weight is 419 g/mol. The molecule has 1 aromatic carbocycles. The van der Waals surface area contributed by atoms with Crippen molar-refractivity contribution in [3.05, 3.63) is 71.0 Å². The summed E-state index contributed by atoms with van der Waals surface area (Å²) in [5, 5.41) is 1.37. The van der Waals surface area contributed by atoms with E-state index in [0.29, 0.717) is 11.8 Å². The molecular weight excluding hydrogens is 380 g/mol. The van der Waals surface area contributed by atoms with Gasteiger partial charge in [0.05, 0.1) is 0 Å². The Hall–Kier alpha value is -2.39. The first-order valence-electron chi connectivity index (χ1n) is 11.6. The summed E-state index contributed by atoms with van der Waals surface area (Å²) < 4.78 is 0. The number of carbonyl (C=O) groups is 1. The van der Waals surface area contributed by atoms with Crippen molar-refractivity contribution in [2.75, 3.05) is 13.1 Å². The SMILES string of the molecule is C=C(/C=C(\C)C(C)CC)[C@]1(C)c2[nH]c3ccccc3c2CN2CC(CC)=C[C@@H]1C2.C=O. The molecule has 2 unspecified atom stereocenters. The Kier molecular flexibility index (Phi) is 7.06. The van der Waals surface area contributed by atoms with Gasteiger partial charge in [-0.25, -0.2) is 0 Å². The van der Waals surface area contributed by atoms with E-state index in [2.05, 4.69) is 87.5 Å². The van der Waals surface area contributed by atoms with E-state index >= 15 is 0 Å². The summed E-state index contributed by atoms with van der Waals surface area (Å²) in [6.07, 6.45) is 7.24. The minimum atomic E-state index is -0.126.